The Bertz CT molecular complexity index is 818. The molecule has 2 bridgehead atoms. The summed E-state index contributed by atoms with van der Waals surface area (Å²) in [6.45, 7) is 5.48. The van der Waals surface area contributed by atoms with E-state index >= 15 is 0 Å². The highest BCUT2D eigenvalue weighted by Gasteiger charge is 2.37. The molecule has 3 aliphatic heterocycles. The van der Waals surface area contributed by atoms with Crippen LogP contribution in [0.5, 0.6) is 0 Å². The highest BCUT2D eigenvalue weighted by molar-refractivity contribution is 5.77. The van der Waals surface area contributed by atoms with Gasteiger partial charge in [0.25, 0.3) is 0 Å². The highest BCUT2D eigenvalue weighted by Crippen LogP contribution is 2.29. The molecule has 3 fully saturated rings. The average Bonchev–Trinajstić information content (AvgIpc) is 2.79. The minimum absolute atomic E-state index is 0.0862. The lowest BCUT2D eigenvalue weighted by Crippen LogP contribution is -2.48. The topological polar surface area (TPSA) is 67.4 Å². The number of amides is 1. The third-order valence-corrected chi connectivity index (χ3v) is 5.65. The normalized spacial score (nSPS) is 22.8. The summed E-state index contributed by atoms with van der Waals surface area (Å²) in [6, 6.07) is 8.70. The van der Waals surface area contributed by atoms with Gasteiger partial charge in [0.1, 0.15) is 18.2 Å². The maximum Gasteiger partial charge on any atom is 0.244 e. The summed E-state index contributed by atoms with van der Waals surface area (Å²) in [5.41, 5.74) is 7.87. The Hall–Kier alpha value is -2.41. The van der Waals surface area contributed by atoms with Crippen LogP contribution in [0.15, 0.2) is 30.3 Å². The minimum Gasteiger partial charge on any atom is -0.384 e. The number of nitrogens with two attached hydrogens (primary N) is 1. The molecule has 2 aromatic rings. The summed E-state index contributed by atoms with van der Waals surface area (Å²) >= 11 is 0. The lowest BCUT2D eigenvalue weighted by atomic mass is 9.95. The summed E-state index contributed by atoms with van der Waals surface area (Å²) in [5, 5.41) is 4.31. The number of nitrogen functional groups attached to an aromatic ring is 1. The van der Waals surface area contributed by atoms with Gasteiger partial charge in [0.15, 0.2) is 0 Å². The number of aromatic nitrogens is 2. The van der Waals surface area contributed by atoms with Crippen LogP contribution in [-0.4, -0.2) is 51.2 Å². The molecule has 3 saturated heterocycles. The van der Waals surface area contributed by atoms with Gasteiger partial charge in [0, 0.05) is 38.3 Å². The number of benzene rings is 1. The van der Waals surface area contributed by atoms with E-state index < -0.39 is 0 Å². The van der Waals surface area contributed by atoms with Crippen molar-refractivity contribution in [2.75, 3.05) is 25.4 Å². The third-order valence-electron chi connectivity index (χ3n) is 5.65. The molecule has 2 N–H and O–H groups in total. The Labute approximate surface area is 158 Å². The molecule has 0 aliphatic carbocycles. The van der Waals surface area contributed by atoms with Crippen LogP contribution in [0.3, 0.4) is 0 Å². The average molecular weight is 371 g/mol. The van der Waals surface area contributed by atoms with Gasteiger partial charge >= 0.3 is 0 Å². The fourth-order valence-electron chi connectivity index (χ4n) is 4.37. The predicted octanol–water partition coefficient (Wildman–Crippen LogP) is 2.04. The van der Waals surface area contributed by atoms with Gasteiger partial charge in [0.05, 0.1) is 5.69 Å². The second-order valence-electron chi connectivity index (χ2n) is 7.83. The van der Waals surface area contributed by atoms with Crippen molar-refractivity contribution >= 4 is 11.7 Å². The number of fused-ring (bicyclic) bond motifs is 4. The molecule has 1 aromatic heterocycles. The monoisotopic (exact) mass is 371 g/mol. The first-order valence-corrected chi connectivity index (χ1v) is 9.54. The van der Waals surface area contributed by atoms with Crippen molar-refractivity contribution in [3.63, 3.8) is 0 Å². The summed E-state index contributed by atoms with van der Waals surface area (Å²) in [6.07, 6.45) is 2.18. The van der Waals surface area contributed by atoms with Crippen molar-refractivity contribution in [1.29, 1.82) is 0 Å². The number of halogens is 1. The van der Waals surface area contributed by atoms with E-state index in [1.165, 1.54) is 12.1 Å². The number of anilines is 1. The van der Waals surface area contributed by atoms with E-state index in [0.717, 1.165) is 50.3 Å². The van der Waals surface area contributed by atoms with Gasteiger partial charge in [-0.15, -0.1) is 0 Å². The van der Waals surface area contributed by atoms with E-state index in [9.17, 15) is 9.18 Å². The van der Waals surface area contributed by atoms with E-state index in [1.54, 1.807) is 10.7 Å². The summed E-state index contributed by atoms with van der Waals surface area (Å²) < 4.78 is 14.7. The Morgan fingerprint density at radius 3 is 2.70 bits per heavy atom. The molecule has 1 aromatic carbocycles. The number of aryl methyl sites for hydroxylation is 1. The number of carbonyl (C=O) groups is 1. The first-order valence-electron chi connectivity index (χ1n) is 9.54. The number of rotatable bonds is 4. The molecule has 1 amide bonds. The second-order valence-corrected chi connectivity index (χ2v) is 7.83. The van der Waals surface area contributed by atoms with Crippen LogP contribution in [0.1, 0.15) is 24.1 Å². The predicted molar refractivity (Wildman–Crippen MR) is 101 cm³/mol. The Balaban J connectivity index is 1.43. The molecule has 0 spiro atoms. The van der Waals surface area contributed by atoms with Crippen molar-refractivity contribution in [3.05, 3.63) is 47.4 Å². The summed E-state index contributed by atoms with van der Waals surface area (Å²) in [5.74, 6) is 0.881. The van der Waals surface area contributed by atoms with Crippen molar-refractivity contribution in [1.82, 2.24) is 19.6 Å². The largest absolute Gasteiger partial charge is 0.384 e. The van der Waals surface area contributed by atoms with E-state index in [2.05, 4.69) is 10.00 Å². The van der Waals surface area contributed by atoms with Gasteiger partial charge in [-0.1, -0.05) is 12.1 Å². The molecule has 4 heterocycles. The third kappa shape index (κ3) is 3.98. The highest BCUT2D eigenvalue weighted by atomic mass is 19.1. The standard InChI is InChI=1S/C20H26FN5O/c1-14-8-19(22)26(23-14)13-20(27)25-11-16-4-7-18(25)12-24(10-16)9-15-2-5-17(21)6-3-15/h2-3,5-6,8,16,18H,4,7,9-13,22H2,1H3/t16-,18+/m0/s1. The second kappa shape index (κ2) is 7.31. The van der Waals surface area contributed by atoms with Crippen LogP contribution in [0.25, 0.3) is 0 Å². The van der Waals surface area contributed by atoms with Crippen molar-refractivity contribution in [3.8, 4) is 0 Å². The van der Waals surface area contributed by atoms with Crippen LogP contribution in [0, 0.1) is 18.7 Å². The Morgan fingerprint density at radius 1 is 1.22 bits per heavy atom. The Kier molecular flexibility index (Phi) is 4.86. The Morgan fingerprint density at radius 2 is 2.00 bits per heavy atom. The van der Waals surface area contributed by atoms with Gasteiger partial charge in [-0.05, 0) is 43.4 Å². The maximum atomic E-state index is 13.1. The van der Waals surface area contributed by atoms with Gasteiger partial charge in [-0.2, -0.15) is 5.10 Å². The number of hydrogen-bond acceptors (Lipinski definition) is 4. The molecule has 0 unspecified atom stereocenters. The van der Waals surface area contributed by atoms with Crippen molar-refractivity contribution in [2.45, 2.75) is 38.9 Å². The molecule has 5 rings (SSSR count). The first-order chi connectivity index (χ1) is 13.0. The summed E-state index contributed by atoms with van der Waals surface area (Å²) in [7, 11) is 0. The molecule has 0 saturated carbocycles. The number of nitrogens with zero attached hydrogens (tertiary/aromatic N) is 4. The van der Waals surface area contributed by atoms with E-state index in [1.807, 2.05) is 24.0 Å². The fourth-order valence-corrected chi connectivity index (χ4v) is 4.37. The van der Waals surface area contributed by atoms with Crippen LogP contribution < -0.4 is 5.73 Å². The number of piperidine rings is 1. The first kappa shape index (κ1) is 18.0. The van der Waals surface area contributed by atoms with E-state index in [4.69, 9.17) is 5.73 Å². The number of hydrogen-bond donors (Lipinski definition) is 1. The molecule has 27 heavy (non-hydrogen) atoms. The molecular weight excluding hydrogens is 345 g/mol. The quantitative estimate of drug-likeness (QED) is 0.893. The van der Waals surface area contributed by atoms with Crippen molar-refractivity contribution < 1.29 is 9.18 Å². The maximum absolute atomic E-state index is 13.1. The zero-order chi connectivity index (χ0) is 19.0. The van der Waals surface area contributed by atoms with Crippen LogP contribution in [0.2, 0.25) is 0 Å². The number of carbonyl (C=O) groups excluding carboxylic acids is 1. The molecule has 3 aliphatic rings. The lowest BCUT2D eigenvalue weighted by Gasteiger charge is -2.36. The summed E-state index contributed by atoms with van der Waals surface area (Å²) in [4.78, 5) is 17.3. The van der Waals surface area contributed by atoms with Gasteiger partial charge in [-0.25, -0.2) is 9.07 Å². The van der Waals surface area contributed by atoms with E-state index in [-0.39, 0.29) is 24.3 Å². The van der Waals surface area contributed by atoms with Crippen LogP contribution in [0.4, 0.5) is 10.2 Å². The van der Waals surface area contributed by atoms with Crippen LogP contribution in [-0.2, 0) is 17.9 Å². The SMILES string of the molecule is Cc1cc(N)n(CC(=O)N2C[C@H]3CC[C@@H]2CN(Cc2ccc(F)cc2)C3)n1. The van der Waals surface area contributed by atoms with Gasteiger partial charge in [0.2, 0.25) is 5.91 Å². The molecule has 7 heteroatoms. The zero-order valence-corrected chi connectivity index (χ0v) is 15.6. The molecule has 144 valence electrons. The minimum atomic E-state index is -0.209. The smallest absolute Gasteiger partial charge is 0.244 e. The molecule has 0 radical (unpaired) electrons. The zero-order valence-electron chi connectivity index (χ0n) is 15.6. The van der Waals surface area contributed by atoms with Gasteiger partial charge < -0.3 is 10.6 Å². The molecule has 6 nitrogen and oxygen atoms in total. The van der Waals surface area contributed by atoms with E-state index in [0.29, 0.717) is 11.7 Å². The van der Waals surface area contributed by atoms with Gasteiger partial charge in [-0.3, -0.25) is 9.69 Å². The van der Waals surface area contributed by atoms with Crippen LogP contribution >= 0.6 is 0 Å². The fraction of sp³-hybridized carbons (Fsp3) is 0.500. The lowest BCUT2D eigenvalue weighted by molar-refractivity contribution is -0.136. The molecule has 2 atom stereocenters. The molecular formula is C20H26FN5O. The van der Waals surface area contributed by atoms with Crippen molar-refractivity contribution in [2.24, 2.45) is 5.92 Å².